The van der Waals surface area contributed by atoms with E-state index >= 15 is 0 Å². The molecular formula is C20H17N7O. The van der Waals surface area contributed by atoms with Gasteiger partial charge in [0.1, 0.15) is 17.5 Å². The lowest BCUT2D eigenvalue weighted by molar-refractivity contribution is 0.0949. The number of aromatic nitrogens is 5. The molecule has 0 saturated carbocycles. The molecule has 0 atom stereocenters. The van der Waals surface area contributed by atoms with Crippen LogP contribution in [0.3, 0.4) is 0 Å². The summed E-state index contributed by atoms with van der Waals surface area (Å²) in [5.41, 5.74) is 8.56. The van der Waals surface area contributed by atoms with Gasteiger partial charge in [0.15, 0.2) is 5.65 Å². The molecule has 0 aliphatic heterocycles. The van der Waals surface area contributed by atoms with Crippen molar-refractivity contribution >= 4 is 22.8 Å². The molecule has 0 radical (unpaired) electrons. The van der Waals surface area contributed by atoms with Crippen LogP contribution in [-0.4, -0.2) is 30.5 Å². The van der Waals surface area contributed by atoms with E-state index in [1.54, 1.807) is 16.9 Å². The Morgan fingerprint density at radius 1 is 1.18 bits per heavy atom. The summed E-state index contributed by atoms with van der Waals surface area (Å²) in [4.78, 5) is 18.0. The van der Waals surface area contributed by atoms with Gasteiger partial charge >= 0.3 is 0 Å². The van der Waals surface area contributed by atoms with E-state index in [2.05, 4.69) is 10.2 Å². The fourth-order valence-electron chi connectivity index (χ4n) is 3.05. The maximum Gasteiger partial charge on any atom is 0.280 e. The van der Waals surface area contributed by atoms with Gasteiger partial charge in [0.05, 0.1) is 29.0 Å². The van der Waals surface area contributed by atoms with Gasteiger partial charge in [0.25, 0.3) is 5.91 Å². The van der Waals surface area contributed by atoms with Crippen molar-refractivity contribution in [3.05, 3.63) is 59.9 Å². The molecular weight excluding hydrogens is 354 g/mol. The number of carbonyl (C=O) groups excluding carboxylic acids is 1. The van der Waals surface area contributed by atoms with Gasteiger partial charge in [-0.15, -0.1) is 0 Å². The lowest BCUT2D eigenvalue weighted by atomic mass is 10.1. The topological polar surface area (TPSA) is 115 Å². The van der Waals surface area contributed by atoms with E-state index in [4.69, 9.17) is 16.0 Å². The highest BCUT2D eigenvalue weighted by Crippen LogP contribution is 2.27. The van der Waals surface area contributed by atoms with Crippen molar-refractivity contribution in [1.82, 2.24) is 24.5 Å². The second-order valence-electron chi connectivity index (χ2n) is 6.61. The van der Waals surface area contributed by atoms with Crippen molar-refractivity contribution in [3.8, 4) is 17.3 Å². The van der Waals surface area contributed by atoms with Gasteiger partial charge in [-0.25, -0.2) is 9.67 Å². The van der Waals surface area contributed by atoms with E-state index < -0.39 is 5.91 Å². The third-order valence-electron chi connectivity index (χ3n) is 4.48. The number of nitriles is 1. The average molecular weight is 371 g/mol. The van der Waals surface area contributed by atoms with Crippen LogP contribution in [0.5, 0.6) is 0 Å². The molecule has 0 bridgehead atoms. The largest absolute Gasteiger partial charge is 0.382 e. The minimum Gasteiger partial charge on any atom is -0.382 e. The zero-order valence-electron chi connectivity index (χ0n) is 15.4. The molecule has 28 heavy (non-hydrogen) atoms. The van der Waals surface area contributed by atoms with E-state index in [0.29, 0.717) is 22.3 Å². The minimum atomic E-state index is -0.438. The summed E-state index contributed by atoms with van der Waals surface area (Å²) in [6, 6.07) is 13.3. The summed E-state index contributed by atoms with van der Waals surface area (Å²) in [6.45, 7) is 3.99. The molecule has 1 aromatic carbocycles. The predicted molar refractivity (Wildman–Crippen MR) is 104 cm³/mol. The zero-order valence-corrected chi connectivity index (χ0v) is 15.4. The van der Waals surface area contributed by atoms with Crippen LogP contribution in [-0.2, 0) is 0 Å². The maximum absolute atomic E-state index is 13.2. The SMILES string of the molecule is CC(C)n1ncc2c(C(=O)n3ncc(C#N)c3N)cc(-c3ccccc3)nc21. The van der Waals surface area contributed by atoms with Crippen LogP contribution in [0.1, 0.15) is 35.8 Å². The number of rotatable bonds is 3. The Morgan fingerprint density at radius 3 is 2.57 bits per heavy atom. The van der Waals surface area contributed by atoms with Gasteiger partial charge in [-0.1, -0.05) is 30.3 Å². The molecule has 0 spiro atoms. The Balaban J connectivity index is 1.97. The van der Waals surface area contributed by atoms with Gasteiger partial charge in [0.2, 0.25) is 0 Å². The van der Waals surface area contributed by atoms with E-state index in [0.717, 1.165) is 10.2 Å². The molecule has 0 unspecified atom stereocenters. The van der Waals surface area contributed by atoms with Crippen LogP contribution in [0.2, 0.25) is 0 Å². The van der Waals surface area contributed by atoms with Crippen molar-refractivity contribution < 1.29 is 4.79 Å². The number of nitrogen functional groups attached to an aromatic ring is 1. The lowest BCUT2D eigenvalue weighted by Crippen LogP contribution is -2.17. The van der Waals surface area contributed by atoms with Gasteiger partial charge in [0, 0.05) is 11.6 Å². The van der Waals surface area contributed by atoms with Crippen molar-refractivity contribution in [1.29, 1.82) is 5.26 Å². The molecule has 3 heterocycles. The van der Waals surface area contributed by atoms with E-state index in [1.807, 2.05) is 50.2 Å². The van der Waals surface area contributed by atoms with Crippen LogP contribution >= 0.6 is 0 Å². The van der Waals surface area contributed by atoms with Crippen LogP contribution in [0, 0.1) is 11.3 Å². The number of fused-ring (bicyclic) bond motifs is 1. The van der Waals surface area contributed by atoms with Crippen molar-refractivity contribution in [3.63, 3.8) is 0 Å². The van der Waals surface area contributed by atoms with Gasteiger partial charge < -0.3 is 5.73 Å². The molecule has 0 aliphatic carbocycles. The quantitative estimate of drug-likeness (QED) is 0.592. The van der Waals surface area contributed by atoms with E-state index in [-0.39, 0.29) is 17.4 Å². The van der Waals surface area contributed by atoms with Crippen molar-refractivity contribution in [2.75, 3.05) is 5.73 Å². The van der Waals surface area contributed by atoms with E-state index in [9.17, 15) is 4.79 Å². The monoisotopic (exact) mass is 371 g/mol. The van der Waals surface area contributed by atoms with Crippen LogP contribution in [0.15, 0.2) is 48.8 Å². The fraction of sp³-hybridized carbons (Fsp3) is 0.150. The Kier molecular flexibility index (Phi) is 4.12. The highest BCUT2D eigenvalue weighted by atomic mass is 16.2. The molecule has 2 N–H and O–H groups in total. The summed E-state index contributed by atoms with van der Waals surface area (Å²) in [5.74, 6) is -0.429. The first-order valence-corrected chi connectivity index (χ1v) is 8.73. The maximum atomic E-state index is 13.2. The highest BCUT2D eigenvalue weighted by Gasteiger charge is 2.22. The number of nitrogens with two attached hydrogens (primary N) is 1. The third-order valence-corrected chi connectivity index (χ3v) is 4.48. The van der Waals surface area contributed by atoms with Gasteiger partial charge in [-0.2, -0.15) is 20.1 Å². The smallest absolute Gasteiger partial charge is 0.280 e. The first-order chi connectivity index (χ1) is 13.5. The molecule has 138 valence electrons. The normalized spacial score (nSPS) is 11.1. The van der Waals surface area contributed by atoms with Crippen LogP contribution < -0.4 is 5.73 Å². The molecule has 3 aromatic heterocycles. The zero-order chi connectivity index (χ0) is 19.8. The molecule has 0 fully saturated rings. The van der Waals surface area contributed by atoms with Crippen LogP contribution in [0.4, 0.5) is 5.82 Å². The summed E-state index contributed by atoms with van der Waals surface area (Å²) in [7, 11) is 0. The molecule has 0 aliphatic rings. The Hall–Kier alpha value is -3.99. The Labute approximate surface area is 160 Å². The summed E-state index contributed by atoms with van der Waals surface area (Å²) < 4.78 is 2.81. The molecule has 4 aromatic rings. The standard InChI is InChI=1S/C20H17N7O/c1-12(2)26-19-16(11-24-26)15(8-17(25-19)13-6-4-3-5-7-13)20(28)27-18(22)14(9-21)10-23-27/h3-8,10-12H,22H2,1-2H3. The first kappa shape index (κ1) is 17.4. The molecule has 4 rings (SSSR count). The number of carbonyl (C=O) groups is 1. The minimum absolute atomic E-state index is 0.00924. The second-order valence-corrected chi connectivity index (χ2v) is 6.61. The van der Waals surface area contributed by atoms with Crippen molar-refractivity contribution in [2.24, 2.45) is 0 Å². The van der Waals surface area contributed by atoms with Gasteiger partial charge in [-0.3, -0.25) is 4.79 Å². The molecule has 0 amide bonds. The number of nitrogens with zero attached hydrogens (tertiary/aromatic N) is 6. The Morgan fingerprint density at radius 2 is 1.93 bits per heavy atom. The predicted octanol–water partition coefficient (Wildman–Crippen LogP) is 3.02. The average Bonchev–Trinajstić information content (AvgIpc) is 3.30. The molecule has 8 nitrogen and oxygen atoms in total. The molecule has 8 heteroatoms. The van der Waals surface area contributed by atoms with E-state index in [1.165, 1.54) is 6.20 Å². The third kappa shape index (κ3) is 2.70. The lowest BCUT2D eigenvalue weighted by Gasteiger charge is -2.10. The molecule has 0 saturated heterocycles. The Bertz CT molecular complexity index is 1230. The number of benzene rings is 1. The van der Waals surface area contributed by atoms with Crippen LogP contribution in [0.25, 0.3) is 22.3 Å². The highest BCUT2D eigenvalue weighted by molar-refractivity contribution is 6.08. The number of hydrogen-bond donors (Lipinski definition) is 1. The number of anilines is 1. The summed E-state index contributed by atoms with van der Waals surface area (Å²) in [6.07, 6.45) is 2.90. The van der Waals surface area contributed by atoms with Gasteiger partial charge in [-0.05, 0) is 19.9 Å². The number of hydrogen-bond acceptors (Lipinski definition) is 6. The second kappa shape index (κ2) is 6.63. The summed E-state index contributed by atoms with van der Waals surface area (Å²) in [5, 5.41) is 18.1. The number of pyridine rings is 1. The fourth-order valence-corrected chi connectivity index (χ4v) is 3.05. The first-order valence-electron chi connectivity index (χ1n) is 8.73. The summed E-state index contributed by atoms with van der Waals surface area (Å²) >= 11 is 0. The van der Waals surface area contributed by atoms with Crippen molar-refractivity contribution in [2.45, 2.75) is 19.9 Å².